The summed E-state index contributed by atoms with van der Waals surface area (Å²) in [6.07, 6.45) is 14.6. The first kappa shape index (κ1) is 15.9. The molecule has 3 aliphatic rings. The lowest BCUT2D eigenvalue weighted by atomic mass is 9.62. The SMILES string of the molecule is O=C(NC1CCCCCC1)C1CN(c2ncccn2)CC12CCC2. The molecule has 0 aromatic carbocycles. The molecule has 1 unspecified atom stereocenters. The van der Waals surface area contributed by atoms with Crippen molar-refractivity contribution in [2.24, 2.45) is 11.3 Å². The van der Waals surface area contributed by atoms with Crippen molar-refractivity contribution >= 4 is 11.9 Å². The molecular formula is C19H28N4O. The third kappa shape index (κ3) is 3.01. The van der Waals surface area contributed by atoms with Gasteiger partial charge in [0.1, 0.15) is 0 Å². The first-order valence-corrected chi connectivity index (χ1v) is 9.59. The number of carbonyl (C=O) groups excluding carboxylic acids is 1. The van der Waals surface area contributed by atoms with E-state index >= 15 is 0 Å². The predicted molar refractivity (Wildman–Crippen MR) is 93.7 cm³/mol. The van der Waals surface area contributed by atoms with Crippen molar-refractivity contribution in [2.75, 3.05) is 18.0 Å². The summed E-state index contributed by atoms with van der Waals surface area (Å²) in [7, 11) is 0. The number of nitrogens with zero attached hydrogens (tertiary/aromatic N) is 3. The van der Waals surface area contributed by atoms with E-state index in [1.165, 1.54) is 44.9 Å². The maximum atomic E-state index is 13.0. The van der Waals surface area contributed by atoms with Crippen molar-refractivity contribution in [3.63, 3.8) is 0 Å². The molecule has 4 rings (SSSR count). The van der Waals surface area contributed by atoms with Crippen molar-refractivity contribution < 1.29 is 4.79 Å². The van der Waals surface area contributed by atoms with Gasteiger partial charge in [-0.2, -0.15) is 0 Å². The number of rotatable bonds is 3. The Balaban J connectivity index is 1.45. The second-order valence-electron chi connectivity index (χ2n) is 7.89. The summed E-state index contributed by atoms with van der Waals surface area (Å²) in [5.74, 6) is 1.15. The van der Waals surface area contributed by atoms with Crippen molar-refractivity contribution in [2.45, 2.75) is 63.8 Å². The van der Waals surface area contributed by atoms with Crippen LogP contribution in [0.25, 0.3) is 0 Å². The topological polar surface area (TPSA) is 58.1 Å². The smallest absolute Gasteiger partial charge is 0.225 e. The zero-order valence-corrected chi connectivity index (χ0v) is 14.4. The highest BCUT2D eigenvalue weighted by Gasteiger charge is 2.54. The minimum Gasteiger partial charge on any atom is -0.353 e. The lowest BCUT2D eigenvalue weighted by Crippen LogP contribution is -2.47. The second-order valence-corrected chi connectivity index (χ2v) is 7.89. The van der Waals surface area contributed by atoms with Crippen molar-refractivity contribution in [3.8, 4) is 0 Å². The van der Waals surface area contributed by atoms with E-state index in [1.807, 2.05) is 6.07 Å². The molecule has 5 nitrogen and oxygen atoms in total. The zero-order valence-electron chi connectivity index (χ0n) is 14.4. The van der Waals surface area contributed by atoms with Gasteiger partial charge in [0.15, 0.2) is 0 Å². The number of hydrogen-bond donors (Lipinski definition) is 1. The van der Waals surface area contributed by atoms with Crippen LogP contribution < -0.4 is 10.2 Å². The maximum absolute atomic E-state index is 13.0. The molecule has 3 fully saturated rings. The van der Waals surface area contributed by atoms with E-state index in [4.69, 9.17) is 0 Å². The fourth-order valence-electron chi connectivity index (χ4n) is 4.80. The Hall–Kier alpha value is -1.65. The van der Waals surface area contributed by atoms with Gasteiger partial charge in [-0.25, -0.2) is 9.97 Å². The Labute approximate surface area is 144 Å². The summed E-state index contributed by atoms with van der Waals surface area (Å²) in [6, 6.07) is 2.23. The van der Waals surface area contributed by atoms with Crippen LogP contribution in [0.5, 0.6) is 0 Å². The number of carbonyl (C=O) groups is 1. The first-order valence-electron chi connectivity index (χ1n) is 9.59. The van der Waals surface area contributed by atoms with E-state index in [9.17, 15) is 4.79 Å². The van der Waals surface area contributed by atoms with Crippen LogP contribution in [0, 0.1) is 11.3 Å². The van der Waals surface area contributed by atoms with E-state index in [-0.39, 0.29) is 17.2 Å². The molecule has 5 heteroatoms. The Morgan fingerprint density at radius 2 is 1.79 bits per heavy atom. The van der Waals surface area contributed by atoms with Gasteiger partial charge in [-0.1, -0.05) is 32.1 Å². The lowest BCUT2D eigenvalue weighted by Gasteiger charge is -2.42. The Morgan fingerprint density at radius 3 is 2.42 bits per heavy atom. The van der Waals surface area contributed by atoms with Gasteiger partial charge in [-0.3, -0.25) is 4.79 Å². The van der Waals surface area contributed by atoms with Gasteiger partial charge in [0, 0.05) is 36.9 Å². The molecule has 1 aromatic heterocycles. The molecule has 1 atom stereocenters. The minimum atomic E-state index is 0.0957. The second kappa shape index (κ2) is 6.69. The van der Waals surface area contributed by atoms with Crippen LogP contribution in [0.1, 0.15) is 57.8 Å². The van der Waals surface area contributed by atoms with Crippen LogP contribution in [0.2, 0.25) is 0 Å². The minimum absolute atomic E-state index is 0.0957. The summed E-state index contributed by atoms with van der Waals surface area (Å²) < 4.78 is 0. The van der Waals surface area contributed by atoms with Crippen LogP contribution in [-0.4, -0.2) is 35.0 Å². The van der Waals surface area contributed by atoms with Gasteiger partial charge in [0.25, 0.3) is 0 Å². The average molecular weight is 328 g/mol. The molecule has 0 radical (unpaired) electrons. The molecule has 2 aliphatic carbocycles. The predicted octanol–water partition coefficient (Wildman–Crippen LogP) is 2.92. The largest absolute Gasteiger partial charge is 0.353 e. The fourth-order valence-corrected chi connectivity index (χ4v) is 4.80. The van der Waals surface area contributed by atoms with Crippen LogP contribution in [-0.2, 0) is 4.79 Å². The number of aromatic nitrogens is 2. The number of nitrogens with one attached hydrogen (secondary N) is 1. The van der Waals surface area contributed by atoms with Gasteiger partial charge in [-0.15, -0.1) is 0 Å². The van der Waals surface area contributed by atoms with Crippen LogP contribution >= 0.6 is 0 Å². The molecule has 2 saturated carbocycles. The Morgan fingerprint density at radius 1 is 1.08 bits per heavy atom. The number of hydrogen-bond acceptors (Lipinski definition) is 4. The summed E-state index contributed by atoms with van der Waals surface area (Å²) >= 11 is 0. The Bertz CT molecular complexity index is 564. The molecule has 1 amide bonds. The summed E-state index contributed by atoms with van der Waals surface area (Å²) in [6.45, 7) is 1.70. The monoisotopic (exact) mass is 328 g/mol. The summed E-state index contributed by atoms with van der Waals surface area (Å²) in [5.41, 5.74) is 0.161. The first-order chi connectivity index (χ1) is 11.8. The van der Waals surface area contributed by atoms with E-state index < -0.39 is 0 Å². The van der Waals surface area contributed by atoms with Crippen molar-refractivity contribution in [1.29, 1.82) is 0 Å². The third-order valence-corrected chi connectivity index (χ3v) is 6.35. The third-order valence-electron chi connectivity index (χ3n) is 6.35. The lowest BCUT2D eigenvalue weighted by molar-refractivity contribution is -0.130. The van der Waals surface area contributed by atoms with Gasteiger partial charge in [0.05, 0.1) is 5.92 Å². The molecule has 2 heterocycles. The van der Waals surface area contributed by atoms with Crippen LogP contribution in [0.3, 0.4) is 0 Å². The molecule has 1 aliphatic heterocycles. The highest BCUT2D eigenvalue weighted by atomic mass is 16.2. The van der Waals surface area contributed by atoms with Gasteiger partial charge in [-0.05, 0) is 31.7 Å². The molecule has 130 valence electrons. The van der Waals surface area contributed by atoms with Gasteiger partial charge < -0.3 is 10.2 Å². The molecule has 24 heavy (non-hydrogen) atoms. The van der Waals surface area contributed by atoms with E-state index in [1.54, 1.807) is 12.4 Å². The average Bonchev–Trinajstić information content (AvgIpc) is 2.83. The molecule has 1 spiro atoms. The van der Waals surface area contributed by atoms with E-state index in [0.29, 0.717) is 6.04 Å². The summed E-state index contributed by atoms with van der Waals surface area (Å²) in [5, 5.41) is 3.39. The normalized spacial score (nSPS) is 26.8. The molecular weight excluding hydrogens is 300 g/mol. The highest BCUT2D eigenvalue weighted by molar-refractivity contribution is 5.81. The molecule has 0 bridgehead atoms. The number of amides is 1. The quantitative estimate of drug-likeness (QED) is 0.867. The molecule has 1 saturated heterocycles. The Kier molecular flexibility index (Phi) is 4.42. The van der Waals surface area contributed by atoms with Crippen LogP contribution in [0.4, 0.5) is 5.95 Å². The van der Waals surface area contributed by atoms with E-state index in [2.05, 4.69) is 20.2 Å². The van der Waals surface area contributed by atoms with Gasteiger partial charge >= 0.3 is 0 Å². The fraction of sp³-hybridized carbons (Fsp3) is 0.737. The summed E-state index contributed by atoms with van der Waals surface area (Å²) in [4.78, 5) is 24.0. The standard InChI is InChI=1S/C19H28N4O/c24-17(22-15-7-3-1-2-4-8-15)16-13-23(14-19(16)9-5-10-19)18-20-11-6-12-21-18/h6,11-12,15-16H,1-5,7-10,13-14H2,(H,22,24). The van der Waals surface area contributed by atoms with Crippen LogP contribution in [0.15, 0.2) is 18.5 Å². The highest BCUT2D eigenvalue weighted by Crippen LogP contribution is 2.52. The molecule has 1 aromatic rings. The maximum Gasteiger partial charge on any atom is 0.225 e. The zero-order chi connectivity index (χ0) is 16.4. The van der Waals surface area contributed by atoms with Gasteiger partial charge in [0.2, 0.25) is 11.9 Å². The van der Waals surface area contributed by atoms with Crippen molar-refractivity contribution in [3.05, 3.63) is 18.5 Å². The molecule has 1 N–H and O–H groups in total. The number of anilines is 1. The van der Waals surface area contributed by atoms with Crippen molar-refractivity contribution in [1.82, 2.24) is 15.3 Å². The van der Waals surface area contributed by atoms with E-state index in [0.717, 1.165) is 31.9 Å².